The number of thioether (sulfide) groups is 1. The van der Waals surface area contributed by atoms with Crippen molar-refractivity contribution in [3.05, 3.63) is 16.1 Å². The van der Waals surface area contributed by atoms with Crippen LogP contribution in [0.5, 0.6) is 0 Å². The maximum Gasteiger partial charge on any atom is 0.230 e. The molecule has 0 aliphatic heterocycles. The molecule has 1 amide bonds. The van der Waals surface area contributed by atoms with E-state index >= 15 is 0 Å². The number of amides is 1. The van der Waals surface area contributed by atoms with E-state index in [9.17, 15) is 9.90 Å². The number of thiazole rings is 1. The van der Waals surface area contributed by atoms with Crippen LogP contribution in [0.1, 0.15) is 30.0 Å². The molecule has 2 rings (SSSR count). The maximum atomic E-state index is 11.7. The number of nitrogens with zero attached hydrogens (tertiary/aromatic N) is 1. The van der Waals surface area contributed by atoms with Crippen molar-refractivity contribution in [1.82, 2.24) is 10.3 Å². The van der Waals surface area contributed by atoms with Crippen molar-refractivity contribution in [2.24, 2.45) is 0 Å². The molecule has 0 spiro atoms. The van der Waals surface area contributed by atoms with Gasteiger partial charge in [0.1, 0.15) is 0 Å². The van der Waals surface area contributed by atoms with Gasteiger partial charge in [0, 0.05) is 11.1 Å². The molecule has 4 nitrogen and oxygen atoms in total. The third kappa shape index (κ3) is 3.46. The zero-order valence-corrected chi connectivity index (χ0v) is 12.1. The van der Waals surface area contributed by atoms with Gasteiger partial charge in [-0.15, -0.1) is 23.1 Å². The number of hydrogen-bond acceptors (Lipinski definition) is 5. The largest absolute Gasteiger partial charge is 0.394 e. The van der Waals surface area contributed by atoms with E-state index in [0.29, 0.717) is 5.75 Å². The highest BCUT2D eigenvalue weighted by Gasteiger charge is 2.37. The third-order valence-electron chi connectivity index (χ3n) is 3.17. The maximum absolute atomic E-state index is 11.7. The molecule has 18 heavy (non-hydrogen) atoms. The summed E-state index contributed by atoms with van der Waals surface area (Å²) in [5.74, 6) is 1.21. The lowest BCUT2D eigenvalue weighted by Crippen LogP contribution is -2.56. The Bertz CT molecular complexity index is 410. The van der Waals surface area contributed by atoms with Gasteiger partial charge in [-0.05, 0) is 26.2 Å². The summed E-state index contributed by atoms with van der Waals surface area (Å²) in [6.45, 7) is 2.03. The number of carbonyl (C=O) groups is 1. The molecule has 0 atom stereocenters. The zero-order chi connectivity index (χ0) is 13.0. The average Bonchev–Trinajstić information content (AvgIpc) is 2.70. The van der Waals surface area contributed by atoms with Crippen molar-refractivity contribution in [3.8, 4) is 0 Å². The molecule has 0 bridgehead atoms. The van der Waals surface area contributed by atoms with Gasteiger partial charge in [-0.3, -0.25) is 4.79 Å². The van der Waals surface area contributed by atoms with Crippen LogP contribution in [0.15, 0.2) is 5.38 Å². The predicted molar refractivity (Wildman–Crippen MR) is 74.8 cm³/mol. The molecule has 1 fully saturated rings. The van der Waals surface area contributed by atoms with Crippen molar-refractivity contribution in [2.45, 2.75) is 37.5 Å². The van der Waals surface area contributed by atoms with E-state index in [1.165, 1.54) is 0 Å². The van der Waals surface area contributed by atoms with Crippen molar-refractivity contribution >= 4 is 29.0 Å². The topological polar surface area (TPSA) is 62.2 Å². The molecule has 1 aromatic heterocycles. The molecule has 1 heterocycles. The first kappa shape index (κ1) is 13.8. The summed E-state index contributed by atoms with van der Waals surface area (Å²) in [4.78, 5) is 16.1. The second-order valence-electron chi connectivity index (χ2n) is 4.69. The second kappa shape index (κ2) is 6.04. The summed E-state index contributed by atoms with van der Waals surface area (Å²) in [5.41, 5.74) is 0.713. The van der Waals surface area contributed by atoms with Gasteiger partial charge in [-0.2, -0.15) is 0 Å². The Hall–Kier alpha value is -0.590. The Morgan fingerprint density at radius 2 is 2.44 bits per heavy atom. The Balaban J connectivity index is 1.69. The third-order valence-corrected chi connectivity index (χ3v) is 4.96. The molecule has 2 N–H and O–H groups in total. The normalized spacial score (nSPS) is 17.2. The highest BCUT2D eigenvalue weighted by atomic mass is 32.2. The molecular formula is C12H18N2O2S2. The van der Waals surface area contributed by atoms with Gasteiger partial charge in [0.2, 0.25) is 5.91 Å². The standard InChI is InChI=1S/C12H18N2O2S2/c1-9-13-10(6-18-9)5-17-7-11(16)14-12(8-15)3-2-4-12/h6,15H,2-5,7-8H2,1H3,(H,14,16). The lowest BCUT2D eigenvalue weighted by molar-refractivity contribution is -0.122. The fourth-order valence-electron chi connectivity index (χ4n) is 1.98. The summed E-state index contributed by atoms with van der Waals surface area (Å²) in [7, 11) is 0. The number of aliphatic hydroxyl groups is 1. The van der Waals surface area contributed by atoms with E-state index in [1.54, 1.807) is 23.1 Å². The second-order valence-corrected chi connectivity index (χ2v) is 6.74. The van der Waals surface area contributed by atoms with Crippen LogP contribution in [0, 0.1) is 6.92 Å². The van der Waals surface area contributed by atoms with Gasteiger partial charge in [-0.1, -0.05) is 0 Å². The summed E-state index contributed by atoms with van der Waals surface area (Å²) in [6, 6.07) is 0. The van der Waals surface area contributed by atoms with Gasteiger partial charge in [0.25, 0.3) is 0 Å². The summed E-state index contributed by atoms with van der Waals surface area (Å²) >= 11 is 3.20. The Morgan fingerprint density at radius 1 is 1.67 bits per heavy atom. The van der Waals surface area contributed by atoms with Gasteiger partial charge in [-0.25, -0.2) is 4.98 Å². The number of hydrogen-bond donors (Lipinski definition) is 2. The molecular weight excluding hydrogens is 268 g/mol. The van der Waals surface area contributed by atoms with E-state index in [2.05, 4.69) is 10.3 Å². The van der Waals surface area contributed by atoms with E-state index in [4.69, 9.17) is 0 Å². The Morgan fingerprint density at radius 3 is 2.94 bits per heavy atom. The highest BCUT2D eigenvalue weighted by molar-refractivity contribution is 7.99. The fourth-order valence-corrected chi connectivity index (χ4v) is 3.42. The molecule has 1 aromatic rings. The van der Waals surface area contributed by atoms with Gasteiger partial charge >= 0.3 is 0 Å². The lowest BCUT2D eigenvalue weighted by atomic mass is 9.77. The van der Waals surface area contributed by atoms with Gasteiger partial charge in [0.15, 0.2) is 0 Å². The Kier molecular flexibility index (Phi) is 4.64. The number of carbonyl (C=O) groups excluding carboxylic acids is 1. The number of rotatable bonds is 6. The number of aromatic nitrogens is 1. The molecule has 1 saturated carbocycles. The minimum absolute atomic E-state index is 0.0145. The van der Waals surface area contributed by atoms with Crippen LogP contribution < -0.4 is 5.32 Å². The van der Waals surface area contributed by atoms with E-state index in [0.717, 1.165) is 35.7 Å². The van der Waals surface area contributed by atoms with Crippen LogP contribution in [0.4, 0.5) is 0 Å². The van der Waals surface area contributed by atoms with E-state index < -0.39 is 0 Å². The molecule has 0 radical (unpaired) electrons. The van der Waals surface area contributed by atoms with Crippen LogP contribution in [0.3, 0.4) is 0 Å². The summed E-state index contributed by atoms with van der Waals surface area (Å²) < 4.78 is 0. The molecule has 0 unspecified atom stereocenters. The van der Waals surface area contributed by atoms with Crippen molar-refractivity contribution < 1.29 is 9.90 Å². The van der Waals surface area contributed by atoms with Gasteiger partial charge < -0.3 is 10.4 Å². The average molecular weight is 286 g/mol. The minimum atomic E-state index is -0.325. The molecule has 100 valence electrons. The van der Waals surface area contributed by atoms with Gasteiger partial charge in [0.05, 0.1) is 28.6 Å². The lowest BCUT2D eigenvalue weighted by Gasteiger charge is -2.40. The molecule has 0 saturated heterocycles. The fraction of sp³-hybridized carbons (Fsp3) is 0.667. The monoisotopic (exact) mass is 286 g/mol. The first-order valence-electron chi connectivity index (χ1n) is 6.04. The molecule has 1 aliphatic carbocycles. The molecule has 0 aromatic carbocycles. The number of aliphatic hydroxyl groups excluding tert-OH is 1. The first-order chi connectivity index (χ1) is 8.63. The van der Waals surface area contributed by atoms with Crippen LogP contribution in [-0.2, 0) is 10.5 Å². The summed E-state index contributed by atoms with van der Waals surface area (Å²) in [5, 5.41) is 15.3. The van der Waals surface area contributed by atoms with E-state index in [1.807, 2.05) is 12.3 Å². The Labute approximate surface area is 115 Å². The quantitative estimate of drug-likeness (QED) is 0.836. The van der Waals surface area contributed by atoms with Crippen LogP contribution >= 0.6 is 23.1 Å². The first-order valence-corrected chi connectivity index (χ1v) is 8.08. The highest BCUT2D eigenvalue weighted by Crippen LogP contribution is 2.31. The smallest absolute Gasteiger partial charge is 0.230 e. The van der Waals surface area contributed by atoms with E-state index in [-0.39, 0.29) is 18.1 Å². The number of aryl methyl sites for hydroxylation is 1. The molecule has 1 aliphatic rings. The van der Waals surface area contributed by atoms with Crippen molar-refractivity contribution in [1.29, 1.82) is 0 Å². The van der Waals surface area contributed by atoms with Crippen LogP contribution in [0.2, 0.25) is 0 Å². The van der Waals surface area contributed by atoms with Crippen molar-refractivity contribution in [2.75, 3.05) is 12.4 Å². The SMILES string of the molecule is Cc1nc(CSCC(=O)NC2(CO)CCC2)cs1. The summed E-state index contributed by atoms with van der Waals surface area (Å²) in [6.07, 6.45) is 2.88. The minimum Gasteiger partial charge on any atom is -0.394 e. The van der Waals surface area contributed by atoms with Crippen LogP contribution in [0.25, 0.3) is 0 Å². The number of nitrogens with one attached hydrogen (secondary N) is 1. The zero-order valence-electron chi connectivity index (χ0n) is 10.4. The predicted octanol–water partition coefficient (Wildman–Crippen LogP) is 1.72. The molecule has 6 heteroatoms. The van der Waals surface area contributed by atoms with Crippen molar-refractivity contribution in [3.63, 3.8) is 0 Å². The van der Waals surface area contributed by atoms with Crippen LogP contribution in [-0.4, -0.2) is 33.9 Å².